The molecule has 6 nitrogen and oxygen atoms in total. The minimum Gasteiger partial charge on any atom is -0.479 e. The molecule has 92 valence electrons. The minimum atomic E-state index is -1.22. The SMILES string of the molecule is CCC(Oc1ccc(N)cc1C(=O)O)C(=O)O. The van der Waals surface area contributed by atoms with Crippen molar-refractivity contribution in [3.63, 3.8) is 0 Å². The molecule has 0 aromatic heterocycles. The summed E-state index contributed by atoms with van der Waals surface area (Å²) in [6.07, 6.45) is -0.838. The van der Waals surface area contributed by atoms with E-state index in [1.807, 2.05) is 0 Å². The average molecular weight is 239 g/mol. The topological polar surface area (TPSA) is 110 Å². The summed E-state index contributed by atoms with van der Waals surface area (Å²) in [6, 6.07) is 4.03. The number of nitrogen functional groups attached to an aromatic ring is 1. The van der Waals surface area contributed by atoms with Crippen molar-refractivity contribution >= 4 is 17.6 Å². The van der Waals surface area contributed by atoms with E-state index in [1.54, 1.807) is 6.92 Å². The Labute approximate surface area is 97.6 Å². The number of carboxylic acids is 2. The third kappa shape index (κ3) is 3.10. The predicted molar refractivity (Wildman–Crippen MR) is 60.2 cm³/mol. The van der Waals surface area contributed by atoms with Gasteiger partial charge in [-0.2, -0.15) is 0 Å². The van der Waals surface area contributed by atoms with Crippen LogP contribution < -0.4 is 10.5 Å². The summed E-state index contributed by atoms with van der Waals surface area (Å²) in [6.45, 7) is 1.64. The van der Waals surface area contributed by atoms with Crippen LogP contribution in [0.5, 0.6) is 5.75 Å². The molecule has 1 unspecified atom stereocenters. The van der Waals surface area contributed by atoms with Gasteiger partial charge < -0.3 is 20.7 Å². The van der Waals surface area contributed by atoms with Gasteiger partial charge in [-0.1, -0.05) is 6.92 Å². The van der Waals surface area contributed by atoms with Gasteiger partial charge in [-0.15, -0.1) is 0 Å². The summed E-state index contributed by atoms with van der Waals surface area (Å²) in [4.78, 5) is 21.7. The van der Waals surface area contributed by atoms with Crippen LogP contribution in [0.25, 0.3) is 0 Å². The number of anilines is 1. The van der Waals surface area contributed by atoms with Crippen LogP contribution in [0.2, 0.25) is 0 Å². The third-order valence-electron chi connectivity index (χ3n) is 2.15. The highest BCUT2D eigenvalue weighted by Gasteiger charge is 2.20. The molecule has 0 heterocycles. The molecule has 0 aliphatic rings. The monoisotopic (exact) mass is 239 g/mol. The standard InChI is InChI=1S/C11H13NO5/c1-2-8(11(15)16)17-9-4-3-6(12)5-7(9)10(13)14/h3-5,8H,2,12H2,1H3,(H,13,14)(H,15,16). The predicted octanol–water partition coefficient (Wildman–Crippen LogP) is 1.21. The molecule has 1 aromatic carbocycles. The molecule has 17 heavy (non-hydrogen) atoms. The van der Waals surface area contributed by atoms with Crippen LogP contribution in [0, 0.1) is 0 Å². The summed E-state index contributed by atoms with van der Waals surface area (Å²) in [5, 5.41) is 17.8. The van der Waals surface area contributed by atoms with Gasteiger partial charge in [-0.3, -0.25) is 0 Å². The van der Waals surface area contributed by atoms with Gasteiger partial charge in [0.15, 0.2) is 6.10 Å². The van der Waals surface area contributed by atoms with E-state index < -0.39 is 18.0 Å². The Morgan fingerprint density at radius 3 is 2.53 bits per heavy atom. The Hall–Kier alpha value is -2.24. The van der Waals surface area contributed by atoms with Crippen molar-refractivity contribution in [3.8, 4) is 5.75 Å². The van der Waals surface area contributed by atoms with Crippen molar-refractivity contribution < 1.29 is 24.5 Å². The van der Waals surface area contributed by atoms with Crippen LogP contribution in [0.1, 0.15) is 23.7 Å². The fourth-order valence-electron chi connectivity index (χ4n) is 1.28. The molecule has 1 rings (SSSR count). The van der Waals surface area contributed by atoms with Crippen molar-refractivity contribution in [3.05, 3.63) is 23.8 Å². The Balaban J connectivity index is 3.05. The first-order valence-electron chi connectivity index (χ1n) is 4.98. The van der Waals surface area contributed by atoms with Crippen LogP contribution in [-0.2, 0) is 4.79 Å². The Bertz CT molecular complexity index is 443. The lowest BCUT2D eigenvalue weighted by atomic mass is 10.1. The molecule has 0 fully saturated rings. The molecule has 0 aliphatic carbocycles. The number of aliphatic carboxylic acids is 1. The van der Waals surface area contributed by atoms with E-state index in [4.69, 9.17) is 20.7 Å². The zero-order chi connectivity index (χ0) is 13.0. The second-order valence-electron chi connectivity index (χ2n) is 3.41. The molecular formula is C11H13NO5. The molecular weight excluding hydrogens is 226 g/mol. The number of carboxylic acid groups (broad SMARTS) is 2. The second-order valence-corrected chi connectivity index (χ2v) is 3.41. The number of nitrogens with two attached hydrogens (primary N) is 1. The lowest BCUT2D eigenvalue weighted by Crippen LogP contribution is -2.26. The van der Waals surface area contributed by atoms with Gasteiger partial charge in [-0.05, 0) is 24.6 Å². The van der Waals surface area contributed by atoms with Crippen LogP contribution in [0.3, 0.4) is 0 Å². The Kier molecular flexibility index (Phi) is 3.92. The fraction of sp³-hybridized carbons (Fsp3) is 0.273. The summed E-state index contributed by atoms with van der Waals surface area (Å²) >= 11 is 0. The second kappa shape index (κ2) is 5.20. The highest BCUT2D eigenvalue weighted by Crippen LogP contribution is 2.23. The zero-order valence-corrected chi connectivity index (χ0v) is 9.21. The van der Waals surface area contributed by atoms with Gasteiger partial charge in [0, 0.05) is 5.69 Å². The molecule has 0 saturated carbocycles. The molecule has 0 radical (unpaired) electrons. The van der Waals surface area contributed by atoms with Crippen molar-refractivity contribution in [2.24, 2.45) is 0 Å². The zero-order valence-electron chi connectivity index (χ0n) is 9.21. The summed E-state index contributed by atoms with van der Waals surface area (Å²) in [5.74, 6) is -2.35. The van der Waals surface area contributed by atoms with Crippen LogP contribution in [0.15, 0.2) is 18.2 Å². The van der Waals surface area contributed by atoms with Crippen molar-refractivity contribution in [1.82, 2.24) is 0 Å². The quantitative estimate of drug-likeness (QED) is 0.666. The molecule has 6 heteroatoms. The number of benzene rings is 1. The third-order valence-corrected chi connectivity index (χ3v) is 2.15. The molecule has 0 aliphatic heterocycles. The first kappa shape index (κ1) is 12.8. The minimum absolute atomic E-state index is 0.000880. The van der Waals surface area contributed by atoms with E-state index in [1.165, 1.54) is 18.2 Å². The van der Waals surface area contributed by atoms with Gasteiger partial charge in [0.1, 0.15) is 11.3 Å². The number of carbonyl (C=O) groups is 2. The van der Waals surface area contributed by atoms with E-state index in [9.17, 15) is 9.59 Å². The van der Waals surface area contributed by atoms with E-state index in [0.29, 0.717) is 0 Å². The molecule has 1 atom stereocenters. The maximum absolute atomic E-state index is 10.9. The van der Waals surface area contributed by atoms with Gasteiger partial charge in [0.25, 0.3) is 0 Å². The van der Waals surface area contributed by atoms with Crippen molar-refractivity contribution in [2.45, 2.75) is 19.4 Å². The van der Waals surface area contributed by atoms with E-state index in [-0.39, 0.29) is 23.4 Å². The summed E-state index contributed by atoms with van der Waals surface area (Å²) < 4.78 is 5.14. The smallest absolute Gasteiger partial charge is 0.344 e. The number of hydrogen-bond donors (Lipinski definition) is 3. The molecule has 0 amide bonds. The summed E-state index contributed by atoms with van der Waals surface area (Å²) in [7, 11) is 0. The first-order chi connectivity index (χ1) is 7.95. The highest BCUT2D eigenvalue weighted by atomic mass is 16.5. The van der Waals surface area contributed by atoms with Gasteiger partial charge in [-0.25, -0.2) is 9.59 Å². The maximum Gasteiger partial charge on any atom is 0.344 e. The van der Waals surface area contributed by atoms with Crippen LogP contribution >= 0.6 is 0 Å². The number of aromatic carboxylic acids is 1. The molecule has 4 N–H and O–H groups in total. The maximum atomic E-state index is 10.9. The number of ether oxygens (including phenoxy) is 1. The molecule has 0 bridgehead atoms. The van der Waals surface area contributed by atoms with Gasteiger partial charge in [0.2, 0.25) is 0 Å². The van der Waals surface area contributed by atoms with Crippen molar-refractivity contribution in [1.29, 1.82) is 0 Å². The van der Waals surface area contributed by atoms with E-state index in [2.05, 4.69) is 0 Å². The van der Waals surface area contributed by atoms with Crippen LogP contribution in [-0.4, -0.2) is 28.3 Å². The van der Waals surface area contributed by atoms with E-state index in [0.717, 1.165) is 0 Å². The lowest BCUT2D eigenvalue weighted by Gasteiger charge is -2.15. The molecule has 0 saturated heterocycles. The Morgan fingerprint density at radius 2 is 2.06 bits per heavy atom. The summed E-state index contributed by atoms with van der Waals surface area (Å²) in [5.41, 5.74) is 5.58. The molecule has 1 aromatic rings. The normalized spacial score (nSPS) is 11.8. The fourth-order valence-corrected chi connectivity index (χ4v) is 1.28. The highest BCUT2D eigenvalue weighted by molar-refractivity contribution is 5.92. The van der Waals surface area contributed by atoms with Gasteiger partial charge >= 0.3 is 11.9 Å². The van der Waals surface area contributed by atoms with Crippen LogP contribution in [0.4, 0.5) is 5.69 Å². The van der Waals surface area contributed by atoms with Gasteiger partial charge in [0.05, 0.1) is 0 Å². The largest absolute Gasteiger partial charge is 0.479 e. The number of rotatable bonds is 5. The first-order valence-corrected chi connectivity index (χ1v) is 4.98. The number of hydrogen-bond acceptors (Lipinski definition) is 4. The lowest BCUT2D eigenvalue weighted by molar-refractivity contribution is -0.145. The van der Waals surface area contributed by atoms with Crippen molar-refractivity contribution in [2.75, 3.05) is 5.73 Å². The molecule has 0 spiro atoms. The Morgan fingerprint density at radius 1 is 1.41 bits per heavy atom. The van der Waals surface area contributed by atoms with E-state index >= 15 is 0 Å². The average Bonchev–Trinajstić information content (AvgIpc) is 2.26.